The van der Waals surface area contributed by atoms with Gasteiger partial charge >= 0.3 is 0 Å². The fraction of sp³-hybridized carbons (Fsp3) is 0.310. The van der Waals surface area contributed by atoms with Crippen LogP contribution in [0.5, 0.6) is 11.5 Å². The molecule has 0 aromatic heterocycles. The first-order valence-corrected chi connectivity index (χ1v) is 13.4. The Hall–Kier alpha value is -3.03. The van der Waals surface area contributed by atoms with Gasteiger partial charge in [-0.1, -0.05) is 83.3 Å². The Balaban J connectivity index is 1.91. The van der Waals surface area contributed by atoms with Gasteiger partial charge in [-0.3, -0.25) is 9.59 Å². The van der Waals surface area contributed by atoms with E-state index in [1.54, 1.807) is 30.2 Å². The van der Waals surface area contributed by atoms with Crippen LogP contribution in [-0.4, -0.2) is 43.0 Å². The highest BCUT2D eigenvalue weighted by Crippen LogP contribution is 2.28. The number of hydrogen-bond acceptors (Lipinski definition) is 4. The van der Waals surface area contributed by atoms with Crippen molar-refractivity contribution in [1.29, 1.82) is 0 Å². The molecule has 0 saturated carbocycles. The van der Waals surface area contributed by atoms with Crippen molar-refractivity contribution in [1.82, 2.24) is 10.2 Å². The molecule has 0 aliphatic heterocycles. The number of nitrogens with one attached hydrogen (secondary N) is 1. The van der Waals surface area contributed by atoms with E-state index < -0.39 is 6.04 Å². The van der Waals surface area contributed by atoms with E-state index in [4.69, 9.17) is 21.1 Å². The lowest BCUT2D eigenvalue weighted by molar-refractivity contribution is -0.142. The van der Waals surface area contributed by atoms with Crippen molar-refractivity contribution in [3.63, 3.8) is 0 Å². The second-order valence-corrected chi connectivity index (χ2v) is 9.91. The lowest BCUT2D eigenvalue weighted by Crippen LogP contribution is -2.51. The average molecular weight is 588 g/mol. The summed E-state index contributed by atoms with van der Waals surface area (Å²) >= 11 is 9.66. The Morgan fingerprint density at radius 3 is 2.49 bits per heavy atom. The minimum absolute atomic E-state index is 0.199. The molecule has 1 unspecified atom stereocenters. The molecule has 0 aliphatic carbocycles. The molecule has 0 fully saturated rings. The van der Waals surface area contributed by atoms with Gasteiger partial charge in [-0.2, -0.15) is 0 Å². The number of rotatable bonds is 13. The van der Waals surface area contributed by atoms with Crippen LogP contribution in [0.15, 0.2) is 77.3 Å². The van der Waals surface area contributed by atoms with Gasteiger partial charge in [0.05, 0.1) is 12.1 Å². The van der Waals surface area contributed by atoms with Gasteiger partial charge in [-0.25, -0.2) is 0 Å². The number of benzene rings is 3. The summed E-state index contributed by atoms with van der Waals surface area (Å²) in [5.41, 5.74) is 1.80. The third-order valence-electron chi connectivity index (χ3n) is 5.83. The van der Waals surface area contributed by atoms with Crippen LogP contribution >= 0.6 is 27.5 Å². The highest BCUT2D eigenvalue weighted by atomic mass is 79.9. The van der Waals surface area contributed by atoms with Crippen LogP contribution in [0.3, 0.4) is 0 Å². The first-order valence-electron chi connectivity index (χ1n) is 12.2. The molecule has 3 rings (SSSR count). The molecule has 0 saturated heterocycles. The van der Waals surface area contributed by atoms with Crippen LogP contribution in [0.1, 0.15) is 30.9 Å². The molecule has 0 bridgehead atoms. The molecule has 1 atom stereocenters. The van der Waals surface area contributed by atoms with Gasteiger partial charge in [-0.05, 0) is 47.9 Å². The summed E-state index contributed by atoms with van der Waals surface area (Å²) in [6.07, 6.45) is 2.18. The minimum atomic E-state index is -0.734. The fourth-order valence-electron chi connectivity index (χ4n) is 3.84. The Morgan fingerprint density at radius 2 is 1.78 bits per heavy atom. The molecule has 2 amide bonds. The SMILES string of the molecule is CCCCNC(=O)C(Cc1ccccc1)N(Cc1cccc(OC)c1)C(=O)COc1ccc(Br)cc1Cl. The molecule has 3 aromatic rings. The number of carbonyl (C=O) groups is 2. The first-order chi connectivity index (χ1) is 17.9. The van der Waals surface area contributed by atoms with Crippen LogP contribution in [0, 0.1) is 0 Å². The van der Waals surface area contributed by atoms with Crippen LogP contribution in [0.4, 0.5) is 0 Å². The van der Waals surface area contributed by atoms with Crippen molar-refractivity contribution < 1.29 is 19.1 Å². The van der Waals surface area contributed by atoms with Gasteiger partial charge in [0.1, 0.15) is 17.5 Å². The standard InChI is InChI=1S/C29H32BrClN2O4/c1-3-4-15-32-29(35)26(17-21-9-6-5-7-10-21)33(19-22-11-8-12-24(16-22)36-2)28(34)20-37-27-14-13-23(30)18-25(27)31/h5-14,16,18,26H,3-4,15,17,19-20H2,1-2H3,(H,32,35). The van der Waals surface area contributed by atoms with Crippen molar-refractivity contribution >= 4 is 39.3 Å². The largest absolute Gasteiger partial charge is 0.497 e. The summed E-state index contributed by atoms with van der Waals surface area (Å²) in [6, 6.07) is 21.6. The quantitative estimate of drug-likeness (QED) is 0.247. The summed E-state index contributed by atoms with van der Waals surface area (Å²) in [5.74, 6) is 0.546. The van der Waals surface area contributed by atoms with E-state index in [-0.39, 0.29) is 25.0 Å². The topological polar surface area (TPSA) is 67.9 Å². The first kappa shape index (κ1) is 28.5. The van der Waals surface area contributed by atoms with E-state index >= 15 is 0 Å². The molecule has 0 spiro atoms. The monoisotopic (exact) mass is 586 g/mol. The number of carbonyl (C=O) groups excluding carboxylic acids is 2. The minimum Gasteiger partial charge on any atom is -0.497 e. The van der Waals surface area contributed by atoms with E-state index in [2.05, 4.69) is 28.2 Å². The zero-order valence-electron chi connectivity index (χ0n) is 21.1. The maximum absolute atomic E-state index is 13.7. The number of halogens is 2. The van der Waals surface area contributed by atoms with Gasteiger partial charge in [0, 0.05) is 24.0 Å². The number of nitrogens with zero attached hydrogens (tertiary/aromatic N) is 1. The van der Waals surface area contributed by atoms with E-state index in [1.165, 1.54) is 0 Å². The second kappa shape index (κ2) is 14.6. The smallest absolute Gasteiger partial charge is 0.261 e. The molecule has 6 nitrogen and oxygen atoms in total. The van der Waals surface area contributed by atoms with Crippen molar-refractivity contribution in [2.24, 2.45) is 0 Å². The van der Waals surface area contributed by atoms with Crippen LogP contribution in [0.2, 0.25) is 5.02 Å². The summed E-state index contributed by atoms with van der Waals surface area (Å²) < 4.78 is 12.0. The van der Waals surface area contributed by atoms with Crippen molar-refractivity contribution in [3.8, 4) is 11.5 Å². The fourth-order valence-corrected chi connectivity index (χ4v) is 4.57. The Labute approximate surface area is 232 Å². The number of ether oxygens (including phenoxy) is 2. The van der Waals surface area contributed by atoms with E-state index in [0.29, 0.717) is 29.5 Å². The van der Waals surface area contributed by atoms with E-state index in [0.717, 1.165) is 28.4 Å². The molecule has 3 aromatic carbocycles. The normalized spacial score (nSPS) is 11.5. The zero-order valence-corrected chi connectivity index (χ0v) is 23.4. The predicted octanol–water partition coefficient (Wildman–Crippen LogP) is 6.05. The van der Waals surface area contributed by atoms with Gasteiger partial charge in [-0.15, -0.1) is 0 Å². The number of unbranched alkanes of at least 4 members (excludes halogenated alkanes) is 1. The van der Waals surface area contributed by atoms with E-state index in [1.807, 2.05) is 54.6 Å². The average Bonchev–Trinajstić information content (AvgIpc) is 2.90. The van der Waals surface area contributed by atoms with Gasteiger partial charge in [0.2, 0.25) is 5.91 Å². The predicted molar refractivity (Wildman–Crippen MR) is 150 cm³/mol. The lowest BCUT2D eigenvalue weighted by atomic mass is 10.0. The molecule has 196 valence electrons. The molecule has 1 N–H and O–H groups in total. The molecule has 37 heavy (non-hydrogen) atoms. The molecular weight excluding hydrogens is 556 g/mol. The zero-order chi connectivity index (χ0) is 26.6. The Bertz CT molecular complexity index is 1180. The summed E-state index contributed by atoms with van der Waals surface area (Å²) in [5, 5.41) is 3.40. The highest BCUT2D eigenvalue weighted by molar-refractivity contribution is 9.10. The van der Waals surface area contributed by atoms with Crippen molar-refractivity contribution in [2.75, 3.05) is 20.3 Å². The van der Waals surface area contributed by atoms with Gasteiger partial charge in [0.25, 0.3) is 5.91 Å². The van der Waals surface area contributed by atoms with Crippen molar-refractivity contribution in [3.05, 3.63) is 93.4 Å². The summed E-state index contributed by atoms with van der Waals surface area (Å²) in [6.45, 7) is 2.56. The maximum Gasteiger partial charge on any atom is 0.261 e. The molecule has 0 heterocycles. The number of hydrogen-bond donors (Lipinski definition) is 1. The van der Waals surface area contributed by atoms with E-state index in [9.17, 15) is 9.59 Å². The maximum atomic E-state index is 13.7. The molecule has 0 radical (unpaired) electrons. The second-order valence-electron chi connectivity index (χ2n) is 8.59. The third-order valence-corrected chi connectivity index (χ3v) is 6.62. The third kappa shape index (κ3) is 8.79. The number of methoxy groups -OCH3 is 1. The van der Waals surface area contributed by atoms with Crippen LogP contribution in [0.25, 0.3) is 0 Å². The lowest BCUT2D eigenvalue weighted by Gasteiger charge is -2.31. The molecule has 0 aliphatic rings. The van der Waals surface area contributed by atoms with Crippen molar-refractivity contribution in [2.45, 2.75) is 38.8 Å². The van der Waals surface area contributed by atoms with Crippen LogP contribution < -0.4 is 14.8 Å². The van der Waals surface area contributed by atoms with Gasteiger partial charge < -0.3 is 19.7 Å². The Morgan fingerprint density at radius 1 is 1.03 bits per heavy atom. The molecular formula is C29H32BrClN2O4. The summed E-state index contributed by atoms with van der Waals surface area (Å²) in [4.78, 5) is 28.7. The summed E-state index contributed by atoms with van der Waals surface area (Å²) in [7, 11) is 1.59. The Kier molecular flexibility index (Phi) is 11.3. The number of amides is 2. The van der Waals surface area contributed by atoms with Gasteiger partial charge in [0.15, 0.2) is 6.61 Å². The van der Waals surface area contributed by atoms with Crippen LogP contribution in [-0.2, 0) is 22.6 Å². The molecule has 8 heteroatoms. The highest BCUT2D eigenvalue weighted by Gasteiger charge is 2.30.